The standard InChI is InChI=1S/C12H16N2O5S/c1-2-3-6-4-14(12(18)13-10(6)17)11-9(16)8(15)7(5-20)19-11/h2,4,7-9,11,15-16,20H,1,3,5H2,(H,13,17,18)/t7-,8-,9-,11-/m1/s1. The fraction of sp³-hybridized carbons (Fsp3) is 0.500. The van der Waals surface area contributed by atoms with Crippen molar-refractivity contribution >= 4 is 12.6 Å². The second-order valence-electron chi connectivity index (χ2n) is 4.54. The Labute approximate surface area is 119 Å². The van der Waals surface area contributed by atoms with Crippen molar-refractivity contribution < 1.29 is 14.9 Å². The van der Waals surface area contributed by atoms with E-state index in [0.717, 1.165) is 4.57 Å². The Morgan fingerprint density at radius 3 is 2.70 bits per heavy atom. The Bertz CT molecular complexity index is 611. The van der Waals surface area contributed by atoms with Crippen LogP contribution in [0.25, 0.3) is 0 Å². The molecule has 0 aromatic carbocycles. The maximum absolute atomic E-state index is 11.8. The topological polar surface area (TPSA) is 105 Å². The van der Waals surface area contributed by atoms with E-state index in [1.54, 1.807) is 0 Å². The fourth-order valence-corrected chi connectivity index (χ4v) is 2.43. The lowest BCUT2D eigenvalue weighted by molar-refractivity contribution is -0.0341. The predicted octanol–water partition coefficient (Wildman–Crippen LogP) is -1.19. The normalized spacial score (nSPS) is 29.6. The van der Waals surface area contributed by atoms with Gasteiger partial charge >= 0.3 is 5.69 Å². The molecule has 7 nitrogen and oxygen atoms in total. The van der Waals surface area contributed by atoms with Crippen LogP contribution in [0.3, 0.4) is 0 Å². The molecular weight excluding hydrogens is 284 g/mol. The number of allylic oxidation sites excluding steroid dienone is 1. The number of rotatable bonds is 4. The number of aliphatic hydroxyl groups is 2. The molecule has 1 saturated heterocycles. The van der Waals surface area contributed by atoms with Crippen LogP contribution >= 0.6 is 12.6 Å². The molecule has 0 radical (unpaired) electrons. The van der Waals surface area contributed by atoms with Crippen LogP contribution in [0.2, 0.25) is 0 Å². The Hall–Kier alpha value is -1.35. The molecule has 0 saturated carbocycles. The van der Waals surface area contributed by atoms with Gasteiger partial charge in [-0.2, -0.15) is 12.6 Å². The number of ether oxygens (including phenoxy) is 1. The number of aliphatic hydroxyl groups excluding tert-OH is 2. The van der Waals surface area contributed by atoms with Gasteiger partial charge in [-0.1, -0.05) is 6.08 Å². The molecular formula is C12H16N2O5S. The van der Waals surface area contributed by atoms with E-state index in [1.165, 1.54) is 12.3 Å². The highest BCUT2D eigenvalue weighted by molar-refractivity contribution is 7.80. The van der Waals surface area contributed by atoms with Crippen molar-refractivity contribution in [2.45, 2.75) is 31.0 Å². The van der Waals surface area contributed by atoms with E-state index >= 15 is 0 Å². The second-order valence-corrected chi connectivity index (χ2v) is 4.91. The summed E-state index contributed by atoms with van der Waals surface area (Å²) in [4.78, 5) is 25.6. The van der Waals surface area contributed by atoms with Gasteiger partial charge in [-0.15, -0.1) is 6.58 Å². The van der Waals surface area contributed by atoms with Crippen molar-refractivity contribution in [1.29, 1.82) is 0 Å². The molecule has 20 heavy (non-hydrogen) atoms. The highest BCUT2D eigenvalue weighted by Gasteiger charge is 2.43. The number of aromatic amines is 1. The van der Waals surface area contributed by atoms with Crippen LogP contribution in [0.15, 0.2) is 28.4 Å². The predicted molar refractivity (Wildman–Crippen MR) is 75.0 cm³/mol. The molecule has 2 rings (SSSR count). The average Bonchev–Trinajstić information content (AvgIpc) is 2.70. The summed E-state index contributed by atoms with van der Waals surface area (Å²) in [6.45, 7) is 3.53. The van der Waals surface area contributed by atoms with Gasteiger partial charge in [0, 0.05) is 17.5 Å². The van der Waals surface area contributed by atoms with Crippen LogP contribution in [-0.2, 0) is 11.2 Å². The summed E-state index contributed by atoms with van der Waals surface area (Å²) >= 11 is 4.01. The van der Waals surface area contributed by atoms with Crippen molar-refractivity contribution in [2.75, 3.05) is 5.75 Å². The molecule has 1 fully saturated rings. The zero-order valence-electron chi connectivity index (χ0n) is 10.6. The van der Waals surface area contributed by atoms with Crippen LogP contribution < -0.4 is 11.2 Å². The van der Waals surface area contributed by atoms with Gasteiger partial charge < -0.3 is 14.9 Å². The van der Waals surface area contributed by atoms with Gasteiger partial charge in [-0.3, -0.25) is 14.3 Å². The Balaban J connectivity index is 2.43. The molecule has 1 aromatic rings. The zero-order valence-corrected chi connectivity index (χ0v) is 11.5. The maximum Gasteiger partial charge on any atom is 0.330 e. The number of H-pyrrole nitrogens is 1. The summed E-state index contributed by atoms with van der Waals surface area (Å²) in [5, 5.41) is 19.7. The van der Waals surface area contributed by atoms with Gasteiger partial charge in [-0.25, -0.2) is 4.79 Å². The first-order valence-electron chi connectivity index (χ1n) is 6.07. The van der Waals surface area contributed by atoms with E-state index in [9.17, 15) is 19.8 Å². The SMILES string of the molecule is C=CCc1cn([C@@H]2O[C@H](CS)[C@@H](O)[C@H]2O)c(=O)[nH]c1=O. The lowest BCUT2D eigenvalue weighted by Gasteiger charge is -2.17. The lowest BCUT2D eigenvalue weighted by atomic mass is 10.1. The molecule has 2 heterocycles. The summed E-state index contributed by atoms with van der Waals surface area (Å²) in [6.07, 6.45) is -1.04. The highest BCUT2D eigenvalue weighted by atomic mass is 32.1. The maximum atomic E-state index is 11.8. The molecule has 0 amide bonds. The van der Waals surface area contributed by atoms with Crippen molar-refractivity contribution in [1.82, 2.24) is 9.55 Å². The monoisotopic (exact) mass is 300 g/mol. The number of nitrogens with one attached hydrogen (secondary N) is 1. The zero-order chi connectivity index (χ0) is 14.9. The summed E-state index contributed by atoms with van der Waals surface area (Å²) < 4.78 is 6.48. The third-order valence-corrected chi connectivity index (χ3v) is 3.56. The van der Waals surface area contributed by atoms with E-state index in [0.29, 0.717) is 5.56 Å². The van der Waals surface area contributed by atoms with Gasteiger partial charge in [0.25, 0.3) is 5.56 Å². The first-order valence-corrected chi connectivity index (χ1v) is 6.70. The average molecular weight is 300 g/mol. The van der Waals surface area contributed by atoms with Crippen molar-refractivity contribution in [3.8, 4) is 0 Å². The van der Waals surface area contributed by atoms with E-state index in [-0.39, 0.29) is 12.2 Å². The molecule has 0 unspecified atom stereocenters. The first-order chi connectivity index (χ1) is 9.49. The summed E-state index contributed by atoms with van der Waals surface area (Å²) in [5.74, 6) is 0.201. The molecule has 3 N–H and O–H groups in total. The quantitative estimate of drug-likeness (QED) is 0.414. The molecule has 4 atom stereocenters. The number of hydrogen-bond acceptors (Lipinski definition) is 6. The fourth-order valence-electron chi connectivity index (χ4n) is 2.13. The van der Waals surface area contributed by atoms with E-state index < -0.39 is 35.8 Å². The summed E-state index contributed by atoms with van der Waals surface area (Å²) in [6, 6.07) is 0. The minimum atomic E-state index is -1.27. The van der Waals surface area contributed by atoms with Gasteiger partial charge in [0.2, 0.25) is 0 Å². The molecule has 1 aliphatic heterocycles. The van der Waals surface area contributed by atoms with Crippen molar-refractivity contribution in [3.63, 3.8) is 0 Å². The van der Waals surface area contributed by atoms with Crippen LogP contribution in [-0.4, -0.2) is 43.8 Å². The van der Waals surface area contributed by atoms with Crippen molar-refractivity contribution in [2.24, 2.45) is 0 Å². The summed E-state index contributed by atoms with van der Waals surface area (Å²) in [7, 11) is 0. The largest absolute Gasteiger partial charge is 0.387 e. The lowest BCUT2D eigenvalue weighted by Crippen LogP contribution is -2.38. The highest BCUT2D eigenvalue weighted by Crippen LogP contribution is 2.28. The number of aromatic nitrogens is 2. The Morgan fingerprint density at radius 2 is 2.15 bits per heavy atom. The van der Waals surface area contributed by atoms with Crippen LogP contribution in [0.5, 0.6) is 0 Å². The van der Waals surface area contributed by atoms with Gasteiger partial charge in [0.05, 0.1) is 6.10 Å². The third kappa shape index (κ3) is 2.59. The Morgan fingerprint density at radius 1 is 1.45 bits per heavy atom. The number of hydrogen-bond donors (Lipinski definition) is 4. The smallest absolute Gasteiger partial charge is 0.330 e. The van der Waals surface area contributed by atoms with E-state index in [1.807, 2.05) is 0 Å². The molecule has 110 valence electrons. The van der Waals surface area contributed by atoms with E-state index in [4.69, 9.17) is 4.74 Å². The molecule has 1 aromatic heterocycles. The second kappa shape index (κ2) is 5.96. The minimum absolute atomic E-state index is 0.201. The Kier molecular flexibility index (Phi) is 4.48. The third-order valence-electron chi connectivity index (χ3n) is 3.20. The van der Waals surface area contributed by atoms with Crippen LogP contribution in [0, 0.1) is 0 Å². The number of nitrogens with zero attached hydrogens (tertiary/aromatic N) is 1. The molecule has 0 spiro atoms. The van der Waals surface area contributed by atoms with Crippen LogP contribution in [0.4, 0.5) is 0 Å². The van der Waals surface area contributed by atoms with E-state index in [2.05, 4.69) is 24.2 Å². The minimum Gasteiger partial charge on any atom is -0.387 e. The molecule has 1 aliphatic rings. The van der Waals surface area contributed by atoms with Gasteiger partial charge in [0.15, 0.2) is 6.23 Å². The van der Waals surface area contributed by atoms with Crippen molar-refractivity contribution in [3.05, 3.63) is 45.3 Å². The molecule has 8 heteroatoms. The van der Waals surface area contributed by atoms with Gasteiger partial charge in [0.1, 0.15) is 12.2 Å². The summed E-state index contributed by atoms with van der Waals surface area (Å²) in [5.41, 5.74) is -0.900. The first kappa shape index (κ1) is 15.0. The molecule has 0 bridgehead atoms. The molecule has 0 aliphatic carbocycles. The van der Waals surface area contributed by atoms with Gasteiger partial charge in [-0.05, 0) is 6.42 Å². The number of thiol groups is 1. The van der Waals surface area contributed by atoms with Crippen LogP contribution in [0.1, 0.15) is 11.8 Å².